The Bertz CT molecular complexity index is 836. The number of carbonyl (C=O) groups is 1. The molecule has 0 radical (unpaired) electrons. The number of carbonyl (C=O) groups excluding carboxylic acids is 1. The second kappa shape index (κ2) is 7.42. The number of hydrogen-bond donors (Lipinski definition) is 1. The first-order chi connectivity index (χ1) is 12.7. The molecular formula is C19H20F4N2O2. The molecule has 1 amide bonds. The van der Waals surface area contributed by atoms with E-state index in [4.69, 9.17) is 4.74 Å². The third-order valence-corrected chi connectivity index (χ3v) is 4.62. The number of nitrogens with one attached hydrogen (secondary N) is 1. The lowest BCUT2D eigenvalue weighted by atomic mass is 9.94. The van der Waals surface area contributed by atoms with Crippen LogP contribution in [0.1, 0.15) is 43.0 Å². The monoisotopic (exact) mass is 384 g/mol. The van der Waals surface area contributed by atoms with Gasteiger partial charge < -0.3 is 10.1 Å². The first-order valence-corrected chi connectivity index (χ1v) is 8.70. The molecule has 3 rings (SSSR count). The van der Waals surface area contributed by atoms with Gasteiger partial charge in [-0.3, -0.25) is 9.78 Å². The molecule has 0 saturated heterocycles. The average molecular weight is 384 g/mol. The number of hydrogen-bond acceptors (Lipinski definition) is 3. The second-order valence-electron chi connectivity index (χ2n) is 7.21. The van der Waals surface area contributed by atoms with Crippen molar-refractivity contribution in [3.05, 3.63) is 41.8 Å². The van der Waals surface area contributed by atoms with Gasteiger partial charge in [-0.15, -0.1) is 0 Å². The predicted octanol–water partition coefficient (Wildman–Crippen LogP) is 4.38. The molecule has 0 spiro atoms. The van der Waals surface area contributed by atoms with Crippen molar-refractivity contribution in [3.63, 3.8) is 0 Å². The van der Waals surface area contributed by atoms with E-state index in [9.17, 15) is 22.4 Å². The lowest BCUT2D eigenvalue weighted by Gasteiger charge is -2.35. The van der Waals surface area contributed by atoms with Crippen LogP contribution in [0.15, 0.2) is 30.5 Å². The van der Waals surface area contributed by atoms with Crippen molar-refractivity contribution in [1.29, 1.82) is 0 Å². The van der Waals surface area contributed by atoms with Crippen molar-refractivity contribution in [2.75, 3.05) is 6.61 Å². The SMILES string of the molecule is C[C@@](COC1CCC1)(CC(F)(F)F)NC(=O)c1cnc2c(F)cccc2c1. The Morgan fingerprint density at radius 3 is 2.70 bits per heavy atom. The van der Waals surface area contributed by atoms with E-state index in [1.54, 1.807) is 6.07 Å². The van der Waals surface area contributed by atoms with Gasteiger partial charge in [0.05, 0.1) is 30.2 Å². The van der Waals surface area contributed by atoms with E-state index in [1.807, 2.05) is 0 Å². The van der Waals surface area contributed by atoms with Gasteiger partial charge in [0.25, 0.3) is 5.91 Å². The van der Waals surface area contributed by atoms with Crippen molar-refractivity contribution < 1.29 is 27.1 Å². The van der Waals surface area contributed by atoms with Gasteiger partial charge in [0.15, 0.2) is 0 Å². The number of fused-ring (bicyclic) bond motifs is 1. The predicted molar refractivity (Wildman–Crippen MR) is 91.8 cm³/mol. The number of alkyl halides is 3. The number of rotatable bonds is 6. The molecule has 1 N–H and O–H groups in total. The first kappa shape index (κ1) is 19.5. The molecule has 1 fully saturated rings. The highest BCUT2D eigenvalue weighted by Crippen LogP contribution is 2.30. The van der Waals surface area contributed by atoms with Crippen LogP contribution in [0.2, 0.25) is 0 Å². The van der Waals surface area contributed by atoms with Crippen LogP contribution in [0, 0.1) is 5.82 Å². The first-order valence-electron chi connectivity index (χ1n) is 8.70. The van der Waals surface area contributed by atoms with Crippen LogP contribution in [-0.4, -0.2) is 35.3 Å². The number of nitrogens with zero attached hydrogens (tertiary/aromatic N) is 1. The summed E-state index contributed by atoms with van der Waals surface area (Å²) in [6.45, 7) is 1.07. The molecule has 1 aliphatic rings. The van der Waals surface area contributed by atoms with E-state index in [2.05, 4.69) is 10.3 Å². The van der Waals surface area contributed by atoms with Crippen LogP contribution < -0.4 is 5.32 Å². The fourth-order valence-electron chi connectivity index (χ4n) is 3.01. The van der Waals surface area contributed by atoms with Gasteiger partial charge in [0.1, 0.15) is 11.3 Å². The summed E-state index contributed by atoms with van der Waals surface area (Å²) in [5.41, 5.74) is -1.45. The minimum Gasteiger partial charge on any atom is -0.376 e. The Labute approximate surface area is 153 Å². The molecular weight excluding hydrogens is 364 g/mol. The Balaban J connectivity index is 1.78. The van der Waals surface area contributed by atoms with Gasteiger partial charge in [-0.1, -0.05) is 12.1 Å². The zero-order valence-corrected chi connectivity index (χ0v) is 14.8. The number of amides is 1. The largest absolute Gasteiger partial charge is 0.391 e. The van der Waals surface area contributed by atoms with Crippen molar-refractivity contribution in [3.8, 4) is 0 Å². The number of halogens is 4. The Hall–Kier alpha value is -2.22. The molecule has 1 saturated carbocycles. The van der Waals surface area contributed by atoms with Crippen LogP contribution in [0.4, 0.5) is 17.6 Å². The normalized spacial score (nSPS) is 17.4. The van der Waals surface area contributed by atoms with Gasteiger partial charge in [-0.2, -0.15) is 13.2 Å². The Morgan fingerprint density at radius 2 is 2.07 bits per heavy atom. The second-order valence-corrected chi connectivity index (χ2v) is 7.21. The van der Waals surface area contributed by atoms with E-state index in [1.165, 1.54) is 25.1 Å². The van der Waals surface area contributed by atoms with Crippen LogP contribution in [-0.2, 0) is 4.74 Å². The number of para-hydroxylation sites is 1. The molecule has 146 valence electrons. The molecule has 27 heavy (non-hydrogen) atoms. The van der Waals surface area contributed by atoms with Crippen LogP contribution in [0.5, 0.6) is 0 Å². The van der Waals surface area contributed by atoms with Crippen LogP contribution in [0.3, 0.4) is 0 Å². The number of pyridine rings is 1. The number of aromatic nitrogens is 1. The third kappa shape index (κ3) is 4.94. The maximum atomic E-state index is 13.7. The smallest absolute Gasteiger partial charge is 0.376 e. The highest BCUT2D eigenvalue weighted by atomic mass is 19.4. The summed E-state index contributed by atoms with van der Waals surface area (Å²) in [5, 5.41) is 2.83. The fourth-order valence-corrected chi connectivity index (χ4v) is 3.01. The topological polar surface area (TPSA) is 51.2 Å². The molecule has 4 nitrogen and oxygen atoms in total. The van der Waals surface area contributed by atoms with Crippen LogP contribution in [0.25, 0.3) is 10.9 Å². The van der Waals surface area contributed by atoms with Gasteiger partial charge >= 0.3 is 6.18 Å². The lowest BCUT2D eigenvalue weighted by Crippen LogP contribution is -2.53. The summed E-state index contributed by atoms with van der Waals surface area (Å²) in [6, 6.07) is 5.70. The maximum absolute atomic E-state index is 13.7. The number of benzene rings is 1. The molecule has 1 atom stereocenters. The summed E-state index contributed by atoms with van der Waals surface area (Å²) in [7, 11) is 0. The minimum atomic E-state index is -4.46. The van der Waals surface area contributed by atoms with Gasteiger partial charge in [0, 0.05) is 11.6 Å². The molecule has 1 heterocycles. The summed E-state index contributed by atoms with van der Waals surface area (Å²) >= 11 is 0. The molecule has 1 aromatic carbocycles. The Morgan fingerprint density at radius 1 is 1.33 bits per heavy atom. The molecule has 1 aromatic heterocycles. The van der Waals surface area contributed by atoms with Gasteiger partial charge in [-0.05, 0) is 38.3 Å². The Kier molecular flexibility index (Phi) is 5.37. The van der Waals surface area contributed by atoms with E-state index in [-0.39, 0.29) is 23.8 Å². The zero-order valence-electron chi connectivity index (χ0n) is 14.8. The third-order valence-electron chi connectivity index (χ3n) is 4.62. The lowest BCUT2D eigenvalue weighted by molar-refractivity contribution is -0.156. The maximum Gasteiger partial charge on any atom is 0.391 e. The van der Waals surface area contributed by atoms with E-state index < -0.39 is 29.9 Å². The minimum absolute atomic E-state index is 0.0558. The number of ether oxygens (including phenoxy) is 1. The molecule has 8 heteroatoms. The highest BCUT2D eigenvalue weighted by molar-refractivity contribution is 5.97. The van der Waals surface area contributed by atoms with E-state index in [0.29, 0.717) is 5.39 Å². The van der Waals surface area contributed by atoms with E-state index >= 15 is 0 Å². The molecule has 0 bridgehead atoms. The van der Waals surface area contributed by atoms with E-state index in [0.717, 1.165) is 25.5 Å². The summed E-state index contributed by atoms with van der Waals surface area (Å²) in [6.07, 6.45) is -1.95. The molecule has 0 unspecified atom stereocenters. The summed E-state index contributed by atoms with van der Waals surface area (Å²) in [4.78, 5) is 16.4. The summed E-state index contributed by atoms with van der Waals surface area (Å²) < 4.78 is 58.3. The molecule has 1 aliphatic carbocycles. The molecule has 0 aliphatic heterocycles. The van der Waals surface area contributed by atoms with Crippen molar-refractivity contribution in [2.45, 2.75) is 50.4 Å². The van der Waals surface area contributed by atoms with Gasteiger partial charge in [-0.25, -0.2) is 4.39 Å². The van der Waals surface area contributed by atoms with Crippen molar-refractivity contribution in [1.82, 2.24) is 10.3 Å². The van der Waals surface area contributed by atoms with Crippen LogP contribution >= 0.6 is 0 Å². The highest BCUT2D eigenvalue weighted by Gasteiger charge is 2.41. The van der Waals surface area contributed by atoms with Gasteiger partial charge in [0.2, 0.25) is 0 Å². The quantitative estimate of drug-likeness (QED) is 0.752. The molecule has 2 aromatic rings. The average Bonchev–Trinajstić information content (AvgIpc) is 2.51. The van der Waals surface area contributed by atoms with Crippen molar-refractivity contribution >= 4 is 16.8 Å². The fraction of sp³-hybridized carbons (Fsp3) is 0.474. The van der Waals surface area contributed by atoms with Crippen molar-refractivity contribution in [2.24, 2.45) is 0 Å². The summed E-state index contributed by atoms with van der Waals surface area (Å²) in [5.74, 6) is -1.24. The zero-order chi connectivity index (χ0) is 19.7. The standard InChI is InChI=1S/C19H20F4N2O2/c1-18(10-19(21,22)23,11-27-14-5-3-6-14)25-17(26)13-8-12-4-2-7-15(20)16(12)24-9-13/h2,4,7-9,14H,3,5-6,10-11H2,1H3,(H,25,26)/t18-/m0/s1.